The Kier molecular flexibility index (Phi) is 2.23. The van der Waals surface area contributed by atoms with E-state index in [9.17, 15) is 4.39 Å². The van der Waals surface area contributed by atoms with E-state index >= 15 is 0 Å². The first-order valence-corrected chi connectivity index (χ1v) is 4.80. The lowest BCUT2D eigenvalue weighted by Gasteiger charge is -2.08. The molecule has 0 aliphatic rings. The van der Waals surface area contributed by atoms with Crippen LogP contribution < -0.4 is 0 Å². The number of aromatic amines is 1. The van der Waals surface area contributed by atoms with Crippen molar-refractivity contribution in [3.8, 4) is 0 Å². The summed E-state index contributed by atoms with van der Waals surface area (Å²) in [5.74, 6) is 0.290. The van der Waals surface area contributed by atoms with E-state index < -0.39 is 5.67 Å². The molecule has 2 rings (SSSR count). The van der Waals surface area contributed by atoms with Crippen molar-refractivity contribution in [3.63, 3.8) is 0 Å². The fourth-order valence-corrected chi connectivity index (χ4v) is 1.50. The van der Waals surface area contributed by atoms with Crippen LogP contribution in [0.5, 0.6) is 0 Å². The van der Waals surface area contributed by atoms with Crippen LogP contribution in [0.1, 0.15) is 25.2 Å². The molecule has 2 N–H and O–H groups in total. The number of imidazole rings is 1. The minimum absolute atomic E-state index is 0.0889. The summed E-state index contributed by atoms with van der Waals surface area (Å²) >= 11 is 0. The van der Waals surface area contributed by atoms with Crippen molar-refractivity contribution in [2.24, 2.45) is 0 Å². The van der Waals surface area contributed by atoms with Gasteiger partial charge in [0.15, 0.2) is 5.67 Å². The molecule has 0 amide bonds. The third-order valence-corrected chi connectivity index (χ3v) is 2.33. The Hall–Kier alpha value is -1.42. The Labute approximate surface area is 87.0 Å². The van der Waals surface area contributed by atoms with Gasteiger partial charge in [0.25, 0.3) is 0 Å². The number of benzene rings is 1. The lowest BCUT2D eigenvalue weighted by atomic mass is 10.1. The van der Waals surface area contributed by atoms with Crippen molar-refractivity contribution in [3.05, 3.63) is 29.6 Å². The second-order valence-corrected chi connectivity index (χ2v) is 4.03. The van der Waals surface area contributed by atoms with E-state index in [1.54, 1.807) is 12.1 Å². The van der Waals surface area contributed by atoms with Crippen molar-refractivity contribution in [2.45, 2.75) is 26.1 Å². The number of alkyl halides is 1. The van der Waals surface area contributed by atoms with Gasteiger partial charge in [-0.3, -0.25) is 0 Å². The molecule has 0 bridgehead atoms. The standard InChI is InChI=1S/C11H13FN2O/c1-11(2,12)10-13-8-5-3-4-7(6-15)9(8)14-10/h3-5,15H,6H2,1-2H3,(H,13,14). The Bertz CT molecular complexity index is 485. The van der Waals surface area contributed by atoms with E-state index in [0.29, 0.717) is 16.9 Å². The van der Waals surface area contributed by atoms with Crippen LogP contribution in [0.2, 0.25) is 0 Å². The number of para-hydroxylation sites is 1. The van der Waals surface area contributed by atoms with E-state index in [0.717, 1.165) is 5.52 Å². The van der Waals surface area contributed by atoms with Gasteiger partial charge >= 0.3 is 0 Å². The van der Waals surface area contributed by atoms with Gasteiger partial charge in [0.1, 0.15) is 5.82 Å². The zero-order chi connectivity index (χ0) is 11.1. The molecule has 0 radical (unpaired) electrons. The molecule has 0 fully saturated rings. The van der Waals surface area contributed by atoms with Crippen LogP contribution in [0.25, 0.3) is 11.0 Å². The molecule has 0 spiro atoms. The monoisotopic (exact) mass is 208 g/mol. The molecule has 0 aliphatic heterocycles. The number of hydrogen-bond donors (Lipinski definition) is 2. The molecular weight excluding hydrogens is 195 g/mol. The topological polar surface area (TPSA) is 48.9 Å². The van der Waals surface area contributed by atoms with Crippen LogP contribution in [0, 0.1) is 0 Å². The molecule has 4 heteroatoms. The summed E-state index contributed by atoms with van der Waals surface area (Å²) in [6, 6.07) is 5.40. The van der Waals surface area contributed by atoms with Crippen LogP contribution in [0.4, 0.5) is 4.39 Å². The van der Waals surface area contributed by atoms with Crippen molar-refractivity contribution < 1.29 is 9.50 Å². The maximum Gasteiger partial charge on any atom is 0.162 e. The van der Waals surface area contributed by atoms with Crippen molar-refractivity contribution in [1.82, 2.24) is 9.97 Å². The number of aliphatic hydroxyl groups excluding tert-OH is 1. The summed E-state index contributed by atoms with van der Waals surface area (Å²) in [6.45, 7) is 2.81. The molecule has 2 aromatic rings. The summed E-state index contributed by atoms with van der Waals surface area (Å²) in [5.41, 5.74) is 0.605. The SMILES string of the molecule is CC(C)(F)c1nc2c(CO)cccc2[nH]1. The lowest BCUT2D eigenvalue weighted by molar-refractivity contribution is 0.208. The number of rotatable bonds is 2. The fraction of sp³-hybridized carbons (Fsp3) is 0.364. The zero-order valence-electron chi connectivity index (χ0n) is 8.71. The maximum absolute atomic E-state index is 13.6. The predicted octanol–water partition coefficient (Wildman–Crippen LogP) is 2.26. The number of fused-ring (bicyclic) bond motifs is 1. The van der Waals surface area contributed by atoms with Crippen LogP contribution >= 0.6 is 0 Å². The molecule has 15 heavy (non-hydrogen) atoms. The molecule has 0 saturated carbocycles. The zero-order valence-corrected chi connectivity index (χ0v) is 8.71. The number of hydrogen-bond acceptors (Lipinski definition) is 2. The van der Waals surface area contributed by atoms with Crippen LogP contribution in [-0.4, -0.2) is 15.1 Å². The van der Waals surface area contributed by atoms with E-state index in [1.807, 2.05) is 6.07 Å². The minimum atomic E-state index is -1.49. The first-order chi connectivity index (χ1) is 7.02. The van der Waals surface area contributed by atoms with E-state index in [4.69, 9.17) is 5.11 Å². The Morgan fingerprint density at radius 1 is 1.47 bits per heavy atom. The van der Waals surface area contributed by atoms with Gasteiger partial charge < -0.3 is 10.1 Å². The number of aromatic nitrogens is 2. The molecular formula is C11H13FN2O. The Balaban J connectivity index is 2.65. The highest BCUT2D eigenvalue weighted by Gasteiger charge is 2.23. The Morgan fingerprint density at radius 2 is 2.20 bits per heavy atom. The normalized spacial score (nSPS) is 12.3. The third-order valence-electron chi connectivity index (χ3n) is 2.33. The predicted molar refractivity (Wildman–Crippen MR) is 56.2 cm³/mol. The van der Waals surface area contributed by atoms with Crippen molar-refractivity contribution >= 4 is 11.0 Å². The second kappa shape index (κ2) is 3.31. The van der Waals surface area contributed by atoms with Gasteiger partial charge in [0.2, 0.25) is 0 Å². The largest absolute Gasteiger partial charge is 0.392 e. The molecule has 0 atom stereocenters. The lowest BCUT2D eigenvalue weighted by Crippen LogP contribution is -2.11. The molecule has 3 nitrogen and oxygen atoms in total. The molecule has 80 valence electrons. The van der Waals surface area contributed by atoms with Gasteiger partial charge in [-0.1, -0.05) is 12.1 Å². The number of aliphatic hydroxyl groups is 1. The highest BCUT2D eigenvalue weighted by Crippen LogP contribution is 2.25. The van der Waals surface area contributed by atoms with Crippen molar-refractivity contribution in [1.29, 1.82) is 0 Å². The summed E-state index contributed by atoms with van der Waals surface area (Å²) in [6.07, 6.45) is 0. The molecule has 0 aliphatic carbocycles. The van der Waals surface area contributed by atoms with Gasteiger partial charge in [-0.05, 0) is 19.9 Å². The molecule has 1 aromatic carbocycles. The van der Waals surface area contributed by atoms with Crippen LogP contribution in [0.15, 0.2) is 18.2 Å². The first kappa shape index (κ1) is 10.1. The number of nitrogens with zero attached hydrogens (tertiary/aromatic N) is 1. The number of H-pyrrole nitrogens is 1. The van der Waals surface area contributed by atoms with Gasteiger partial charge in [0, 0.05) is 5.56 Å². The van der Waals surface area contributed by atoms with Crippen LogP contribution in [0.3, 0.4) is 0 Å². The summed E-state index contributed by atoms with van der Waals surface area (Å²) in [5, 5.41) is 9.10. The highest BCUT2D eigenvalue weighted by molar-refractivity contribution is 5.78. The maximum atomic E-state index is 13.6. The average Bonchev–Trinajstić information content (AvgIpc) is 2.59. The summed E-state index contributed by atoms with van der Waals surface area (Å²) in [7, 11) is 0. The van der Waals surface area contributed by atoms with Crippen LogP contribution in [-0.2, 0) is 12.3 Å². The van der Waals surface area contributed by atoms with E-state index in [1.165, 1.54) is 13.8 Å². The first-order valence-electron chi connectivity index (χ1n) is 4.80. The van der Waals surface area contributed by atoms with Gasteiger partial charge in [0.05, 0.1) is 17.6 Å². The summed E-state index contributed by atoms with van der Waals surface area (Å²) < 4.78 is 13.6. The molecule has 1 aromatic heterocycles. The third kappa shape index (κ3) is 1.72. The van der Waals surface area contributed by atoms with Gasteiger partial charge in [-0.2, -0.15) is 0 Å². The van der Waals surface area contributed by atoms with Crippen molar-refractivity contribution in [2.75, 3.05) is 0 Å². The van der Waals surface area contributed by atoms with E-state index in [2.05, 4.69) is 9.97 Å². The second-order valence-electron chi connectivity index (χ2n) is 4.03. The molecule has 0 unspecified atom stereocenters. The Morgan fingerprint density at radius 3 is 2.80 bits per heavy atom. The highest BCUT2D eigenvalue weighted by atomic mass is 19.1. The van der Waals surface area contributed by atoms with Gasteiger partial charge in [-0.25, -0.2) is 9.37 Å². The number of nitrogens with one attached hydrogen (secondary N) is 1. The smallest absolute Gasteiger partial charge is 0.162 e. The number of halogens is 1. The minimum Gasteiger partial charge on any atom is -0.392 e. The molecule has 0 saturated heterocycles. The van der Waals surface area contributed by atoms with E-state index in [-0.39, 0.29) is 6.61 Å². The fourth-order valence-electron chi connectivity index (χ4n) is 1.50. The average molecular weight is 208 g/mol. The quantitative estimate of drug-likeness (QED) is 0.795. The molecule has 1 heterocycles. The summed E-state index contributed by atoms with van der Waals surface area (Å²) in [4.78, 5) is 7.08. The van der Waals surface area contributed by atoms with Gasteiger partial charge in [-0.15, -0.1) is 0 Å².